The molecule has 3 rings (SSSR count). The van der Waals surface area contributed by atoms with Gasteiger partial charge in [0.25, 0.3) is 0 Å². The Hall–Kier alpha value is -1.59. The van der Waals surface area contributed by atoms with Crippen LogP contribution in [0, 0.1) is 0 Å². The Balaban J connectivity index is 1.61. The molecule has 0 bridgehead atoms. The highest BCUT2D eigenvalue weighted by Gasteiger charge is 2.35. The summed E-state index contributed by atoms with van der Waals surface area (Å²) < 4.78 is 5.91. The van der Waals surface area contributed by atoms with Gasteiger partial charge in [-0.2, -0.15) is 0 Å². The first-order valence-electron chi connectivity index (χ1n) is 11.3. The Morgan fingerprint density at radius 1 is 1.17 bits per heavy atom. The monoisotopic (exact) mass is 448 g/mol. The number of benzene rings is 1. The van der Waals surface area contributed by atoms with Gasteiger partial charge in [-0.3, -0.25) is 4.79 Å². The van der Waals surface area contributed by atoms with Crippen molar-refractivity contribution in [3.8, 4) is 5.75 Å². The molecule has 1 N–H and O–H groups in total. The summed E-state index contributed by atoms with van der Waals surface area (Å²) in [6.45, 7) is 2.92. The van der Waals surface area contributed by atoms with E-state index in [1.807, 2.05) is 30.1 Å². The average molecular weight is 449 g/mol. The van der Waals surface area contributed by atoms with Gasteiger partial charge in [0.1, 0.15) is 5.75 Å². The Labute approximate surface area is 191 Å². The number of allylic oxidation sites excluding steroid dienone is 1. The van der Waals surface area contributed by atoms with E-state index in [2.05, 4.69) is 12.2 Å². The van der Waals surface area contributed by atoms with Gasteiger partial charge in [-0.25, -0.2) is 0 Å². The Bertz CT molecular complexity index is 808. The molecule has 0 aromatic heterocycles. The van der Waals surface area contributed by atoms with Crippen molar-refractivity contribution in [3.05, 3.63) is 40.1 Å². The SMILES string of the molecule is CCCCCCCCCOc1ccc(C2NC(=S)N(C)C3=C2C(=O)CCC3)cc1Cl. The Morgan fingerprint density at radius 3 is 2.63 bits per heavy atom. The van der Waals surface area contributed by atoms with Crippen molar-refractivity contribution in [2.45, 2.75) is 77.2 Å². The summed E-state index contributed by atoms with van der Waals surface area (Å²) in [4.78, 5) is 14.6. The molecular formula is C24H33ClN2O2S. The number of nitrogens with one attached hydrogen (secondary N) is 1. The standard InChI is InChI=1S/C24H33ClN2O2S/c1-3-4-5-6-7-8-9-15-29-21-14-13-17(16-18(21)25)23-22-19(11-10-12-20(22)28)27(2)24(30)26-23/h13-14,16,23H,3-12,15H2,1-2H3,(H,26,30). The Morgan fingerprint density at radius 2 is 1.90 bits per heavy atom. The molecule has 1 atom stereocenters. The summed E-state index contributed by atoms with van der Waals surface area (Å²) in [7, 11) is 1.92. The third-order valence-corrected chi connectivity index (χ3v) is 6.68. The van der Waals surface area contributed by atoms with Crippen molar-refractivity contribution in [1.29, 1.82) is 0 Å². The van der Waals surface area contributed by atoms with E-state index >= 15 is 0 Å². The lowest BCUT2D eigenvalue weighted by atomic mass is 9.85. The maximum atomic E-state index is 12.7. The van der Waals surface area contributed by atoms with Crippen LogP contribution < -0.4 is 10.1 Å². The number of rotatable bonds is 10. The molecule has 2 aliphatic rings. The minimum Gasteiger partial charge on any atom is -0.492 e. The van der Waals surface area contributed by atoms with Crippen molar-refractivity contribution in [2.75, 3.05) is 13.7 Å². The molecule has 6 heteroatoms. The molecule has 0 spiro atoms. The molecule has 1 unspecified atom stereocenters. The van der Waals surface area contributed by atoms with Gasteiger partial charge in [0.05, 0.1) is 17.7 Å². The summed E-state index contributed by atoms with van der Waals surface area (Å²) in [5.41, 5.74) is 2.81. The van der Waals surface area contributed by atoms with Gasteiger partial charge in [0.15, 0.2) is 10.9 Å². The lowest BCUT2D eigenvalue weighted by Gasteiger charge is -2.39. The number of halogens is 1. The summed E-state index contributed by atoms with van der Waals surface area (Å²) in [5.74, 6) is 0.893. The summed E-state index contributed by atoms with van der Waals surface area (Å²) in [6, 6.07) is 5.56. The van der Waals surface area contributed by atoms with E-state index in [-0.39, 0.29) is 11.8 Å². The van der Waals surface area contributed by atoms with Crippen molar-refractivity contribution in [2.24, 2.45) is 0 Å². The van der Waals surface area contributed by atoms with E-state index in [1.165, 1.54) is 38.5 Å². The minimum absolute atomic E-state index is 0.193. The molecule has 0 saturated carbocycles. The van der Waals surface area contributed by atoms with E-state index in [0.717, 1.165) is 36.1 Å². The van der Waals surface area contributed by atoms with Gasteiger partial charge in [-0.1, -0.05) is 63.1 Å². The normalized spacial score (nSPS) is 19.0. The van der Waals surface area contributed by atoms with E-state index in [4.69, 9.17) is 28.6 Å². The van der Waals surface area contributed by atoms with Crippen LogP contribution in [0.1, 0.15) is 82.7 Å². The molecule has 30 heavy (non-hydrogen) atoms. The smallest absolute Gasteiger partial charge is 0.173 e. The van der Waals surface area contributed by atoms with Crippen LogP contribution in [-0.4, -0.2) is 29.5 Å². The number of thiocarbonyl (C=S) groups is 1. The molecule has 0 fully saturated rings. The van der Waals surface area contributed by atoms with E-state index < -0.39 is 0 Å². The largest absolute Gasteiger partial charge is 0.492 e. The minimum atomic E-state index is -0.244. The summed E-state index contributed by atoms with van der Waals surface area (Å²) >= 11 is 12.0. The highest BCUT2D eigenvalue weighted by atomic mass is 35.5. The van der Waals surface area contributed by atoms with Crippen LogP contribution in [0.25, 0.3) is 0 Å². The fourth-order valence-corrected chi connectivity index (χ4v) is 4.71. The number of ether oxygens (including phenoxy) is 1. The van der Waals surface area contributed by atoms with Crippen LogP contribution in [0.4, 0.5) is 0 Å². The van der Waals surface area contributed by atoms with Gasteiger partial charge < -0.3 is 15.0 Å². The van der Waals surface area contributed by atoms with Crippen LogP contribution in [0.2, 0.25) is 5.02 Å². The van der Waals surface area contributed by atoms with Gasteiger partial charge in [0, 0.05) is 24.7 Å². The molecule has 1 heterocycles. The van der Waals surface area contributed by atoms with E-state index in [9.17, 15) is 4.79 Å². The summed E-state index contributed by atoms with van der Waals surface area (Å²) in [5, 5.41) is 4.54. The number of hydrogen-bond acceptors (Lipinski definition) is 3. The Kier molecular flexibility index (Phi) is 8.58. The maximum Gasteiger partial charge on any atom is 0.173 e. The van der Waals surface area contributed by atoms with Crippen molar-refractivity contribution in [3.63, 3.8) is 0 Å². The molecule has 1 aromatic rings. The highest BCUT2D eigenvalue weighted by Crippen LogP contribution is 2.38. The van der Waals surface area contributed by atoms with Gasteiger partial charge in [0.2, 0.25) is 0 Å². The first-order chi connectivity index (χ1) is 14.5. The predicted molar refractivity (Wildman–Crippen MR) is 127 cm³/mol. The molecule has 164 valence electrons. The number of unbranched alkanes of at least 4 members (excludes halogenated alkanes) is 6. The van der Waals surface area contributed by atoms with Gasteiger partial charge in [-0.15, -0.1) is 0 Å². The number of nitrogens with zero attached hydrogens (tertiary/aromatic N) is 1. The second-order valence-electron chi connectivity index (χ2n) is 8.24. The fraction of sp³-hybridized carbons (Fsp3) is 0.583. The second kappa shape index (κ2) is 11.1. The van der Waals surface area contributed by atoms with Crippen molar-refractivity contribution >= 4 is 34.7 Å². The van der Waals surface area contributed by atoms with Gasteiger partial charge in [-0.05, 0) is 49.2 Å². The quantitative estimate of drug-likeness (QED) is 0.334. The molecule has 1 aromatic carbocycles. The molecule has 0 saturated heterocycles. The molecular weight excluding hydrogens is 416 g/mol. The first kappa shape index (κ1) is 23.1. The van der Waals surface area contributed by atoms with Gasteiger partial charge >= 0.3 is 0 Å². The second-order valence-corrected chi connectivity index (χ2v) is 9.03. The van der Waals surface area contributed by atoms with Crippen LogP contribution in [0.5, 0.6) is 5.75 Å². The van der Waals surface area contributed by atoms with E-state index in [0.29, 0.717) is 28.9 Å². The molecule has 4 nitrogen and oxygen atoms in total. The van der Waals surface area contributed by atoms with Crippen molar-refractivity contribution in [1.82, 2.24) is 10.2 Å². The van der Waals surface area contributed by atoms with Crippen LogP contribution in [0.3, 0.4) is 0 Å². The zero-order chi connectivity index (χ0) is 21.5. The maximum absolute atomic E-state index is 12.7. The third-order valence-electron chi connectivity index (χ3n) is 5.99. The topological polar surface area (TPSA) is 41.6 Å². The summed E-state index contributed by atoms with van der Waals surface area (Å²) in [6.07, 6.45) is 11.1. The average Bonchev–Trinajstić information content (AvgIpc) is 2.73. The van der Waals surface area contributed by atoms with Crippen LogP contribution >= 0.6 is 23.8 Å². The lowest BCUT2D eigenvalue weighted by Crippen LogP contribution is -2.47. The molecule has 0 radical (unpaired) electrons. The number of hydrogen-bond donors (Lipinski definition) is 1. The fourth-order valence-electron chi connectivity index (χ4n) is 4.24. The van der Waals surface area contributed by atoms with Crippen LogP contribution in [0.15, 0.2) is 29.5 Å². The predicted octanol–water partition coefficient (Wildman–Crippen LogP) is 6.34. The van der Waals surface area contributed by atoms with E-state index in [1.54, 1.807) is 0 Å². The third kappa shape index (κ3) is 5.55. The molecule has 1 aliphatic carbocycles. The highest BCUT2D eigenvalue weighted by molar-refractivity contribution is 7.80. The molecule has 0 amide bonds. The zero-order valence-corrected chi connectivity index (χ0v) is 19.7. The number of Topliss-reactive ketones (excluding diaryl/α,β-unsaturated/α-hetero) is 1. The van der Waals surface area contributed by atoms with Crippen LogP contribution in [-0.2, 0) is 4.79 Å². The number of ketones is 1. The zero-order valence-electron chi connectivity index (χ0n) is 18.1. The van der Waals surface area contributed by atoms with Crippen molar-refractivity contribution < 1.29 is 9.53 Å². The lowest BCUT2D eigenvalue weighted by molar-refractivity contribution is -0.116. The number of carbonyl (C=O) groups excluding carboxylic acids is 1. The number of carbonyl (C=O) groups is 1. The molecule has 1 aliphatic heterocycles. The first-order valence-corrected chi connectivity index (χ1v) is 12.0.